The van der Waals surface area contributed by atoms with E-state index in [1.54, 1.807) is 20.2 Å². The van der Waals surface area contributed by atoms with Crippen LogP contribution in [-0.2, 0) is 9.59 Å². The van der Waals surface area contributed by atoms with Gasteiger partial charge in [-0.3, -0.25) is 19.4 Å². The van der Waals surface area contributed by atoms with Crippen molar-refractivity contribution in [3.8, 4) is 5.69 Å². The highest BCUT2D eigenvalue weighted by Crippen LogP contribution is 2.22. The number of amides is 2. The minimum absolute atomic E-state index is 0.100. The number of benzene rings is 1. The van der Waals surface area contributed by atoms with E-state index in [4.69, 9.17) is 12.2 Å². The molecule has 6 heteroatoms. The third-order valence-corrected chi connectivity index (χ3v) is 4.88. The van der Waals surface area contributed by atoms with Crippen LogP contribution in [0.4, 0.5) is 0 Å². The second-order valence-electron chi connectivity index (χ2n) is 6.16. The van der Waals surface area contributed by atoms with Gasteiger partial charge in [-0.25, -0.2) is 0 Å². The van der Waals surface area contributed by atoms with Crippen molar-refractivity contribution in [3.05, 3.63) is 58.9 Å². The third-order valence-electron chi connectivity index (χ3n) is 4.33. The number of carbonyl (C=O) groups is 2. The van der Waals surface area contributed by atoms with Gasteiger partial charge in [0.2, 0.25) is 0 Å². The Bertz CT molecular complexity index is 901. The Kier molecular flexibility index (Phi) is 4.30. The first kappa shape index (κ1) is 17.1. The predicted octanol–water partition coefficient (Wildman–Crippen LogP) is 2.69. The molecule has 1 saturated heterocycles. The second-order valence-corrected chi connectivity index (χ2v) is 6.53. The zero-order valence-electron chi connectivity index (χ0n) is 14.6. The molecule has 0 radical (unpaired) electrons. The molecule has 0 spiro atoms. The fourth-order valence-corrected chi connectivity index (χ4v) is 3.10. The normalized spacial score (nSPS) is 15.2. The number of thiocarbonyl (C=S) groups is 1. The maximum Gasteiger partial charge on any atom is 0.265 e. The number of hydrogen-bond donors (Lipinski definition) is 0. The molecule has 1 aliphatic rings. The van der Waals surface area contributed by atoms with Crippen molar-refractivity contribution >= 4 is 35.2 Å². The zero-order chi connectivity index (χ0) is 18.3. The summed E-state index contributed by atoms with van der Waals surface area (Å²) in [4.78, 5) is 27.6. The molecule has 0 bridgehead atoms. The van der Waals surface area contributed by atoms with E-state index in [9.17, 15) is 9.59 Å². The number of hydrogen-bond acceptors (Lipinski definition) is 3. The molecule has 0 saturated carbocycles. The average molecular weight is 353 g/mol. The van der Waals surface area contributed by atoms with Crippen LogP contribution in [-0.4, -0.2) is 45.4 Å². The van der Waals surface area contributed by atoms with E-state index in [1.807, 2.05) is 48.9 Å². The Labute approximate surface area is 152 Å². The number of likely N-dealkylation sites (N-methyl/N-ethyl adjacent to an activating group) is 2. The lowest BCUT2D eigenvalue weighted by Gasteiger charge is -2.31. The summed E-state index contributed by atoms with van der Waals surface area (Å²) in [5.41, 5.74) is 4.17. The van der Waals surface area contributed by atoms with Crippen LogP contribution in [0.3, 0.4) is 0 Å². The number of rotatable bonds is 2. The SMILES string of the molecule is Cc1ccc(-n2cccc2C=C2C(=O)N(C)C(=S)N(C)C2=O)c(C)c1. The van der Waals surface area contributed by atoms with Gasteiger partial charge < -0.3 is 4.57 Å². The molecule has 2 aromatic rings. The fraction of sp³-hybridized carbons (Fsp3) is 0.211. The summed E-state index contributed by atoms with van der Waals surface area (Å²) in [5.74, 6) is -0.775. The van der Waals surface area contributed by atoms with Crippen molar-refractivity contribution in [2.24, 2.45) is 0 Å². The first-order chi connectivity index (χ1) is 11.8. The fourth-order valence-electron chi connectivity index (χ4n) is 2.93. The lowest BCUT2D eigenvalue weighted by Crippen LogP contribution is -2.52. The van der Waals surface area contributed by atoms with E-state index in [-0.39, 0.29) is 22.5 Å². The van der Waals surface area contributed by atoms with Gasteiger partial charge in [-0.1, -0.05) is 17.7 Å². The van der Waals surface area contributed by atoms with E-state index in [0.717, 1.165) is 16.9 Å². The van der Waals surface area contributed by atoms with Gasteiger partial charge >= 0.3 is 0 Å². The van der Waals surface area contributed by atoms with Gasteiger partial charge in [0, 0.05) is 31.7 Å². The standard InChI is InChI=1S/C19H19N3O2S/c1-12-7-8-16(13(2)10-12)22-9-5-6-14(22)11-15-17(23)20(3)19(25)21(4)18(15)24/h5-11H,1-4H3. The Balaban J connectivity index is 2.08. The highest BCUT2D eigenvalue weighted by molar-refractivity contribution is 7.80. The van der Waals surface area contributed by atoms with Crippen molar-refractivity contribution in [2.45, 2.75) is 13.8 Å². The smallest absolute Gasteiger partial charge is 0.265 e. The van der Waals surface area contributed by atoms with E-state index in [1.165, 1.54) is 15.4 Å². The summed E-state index contributed by atoms with van der Waals surface area (Å²) in [5, 5.41) is 0.205. The van der Waals surface area contributed by atoms with Crippen LogP contribution >= 0.6 is 12.2 Å². The van der Waals surface area contributed by atoms with Crippen LogP contribution in [0.2, 0.25) is 0 Å². The van der Waals surface area contributed by atoms with Gasteiger partial charge in [0.1, 0.15) is 5.57 Å². The minimum atomic E-state index is -0.388. The van der Waals surface area contributed by atoms with Gasteiger partial charge in [-0.15, -0.1) is 0 Å². The second kappa shape index (κ2) is 6.29. The molecule has 128 valence electrons. The van der Waals surface area contributed by atoms with Gasteiger partial charge in [0.15, 0.2) is 5.11 Å². The van der Waals surface area contributed by atoms with Crippen molar-refractivity contribution in [1.82, 2.24) is 14.4 Å². The zero-order valence-corrected chi connectivity index (χ0v) is 15.4. The van der Waals surface area contributed by atoms with E-state index in [0.29, 0.717) is 0 Å². The Morgan fingerprint density at radius 2 is 1.64 bits per heavy atom. The molecule has 0 atom stereocenters. The number of nitrogens with zero attached hydrogens (tertiary/aromatic N) is 3. The largest absolute Gasteiger partial charge is 0.317 e. The number of aromatic nitrogens is 1. The molecular formula is C19H19N3O2S. The minimum Gasteiger partial charge on any atom is -0.317 e. The summed E-state index contributed by atoms with van der Waals surface area (Å²) >= 11 is 5.12. The first-order valence-electron chi connectivity index (χ1n) is 7.88. The van der Waals surface area contributed by atoms with E-state index >= 15 is 0 Å². The Morgan fingerprint density at radius 1 is 1.00 bits per heavy atom. The highest BCUT2D eigenvalue weighted by atomic mass is 32.1. The van der Waals surface area contributed by atoms with Crippen molar-refractivity contribution in [2.75, 3.05) is 14.1 Å². The van der Waals surface area contributed by atoms with Crippen molar-refractivity contribution < 1.29 is 9.59 Å². The molecule has 1 aromatic heterocycles. The van der Waals surface area contributed by atoms with E-state index < -0.39 is 0 Å². The highest BCUT2D eigenvalue weighted by Gasteiger charge is 2.35. The summed E-state index contributed by atoms with van der Waals surface area (Å²) in [6.45, 7) is 4.08. The molecular weight excluding hydrogens is 334 g/mol. The maximum absolute atomic E-state index is 12.5. The molecule has 0 unspecified atom stereocenters. The summed E-state index contributed by atoms with van der Waals surface area (Å²) in [6.07, 6.45) is 3.54. The van der Waals surface area contributed by atoms with Gasteiger partial charge in [0.25, 0.3) is 11.8 Å². The van der Waals surface area contributed by atoms with Gasteiger partial charge in [-0.2, -0.15) is 0 Å². The lowest BCUT2D eigenvalue weighted by atomic mass is 10.1. The monoisotopic (exact) mass is 353 g/mol. The molecule has 1 aliphatic heterocycles. The predicted molar refractivity (Wildman–Crippen MR) is 101 cm³/mol. The van der Waals surface area contributed by atoms with Crippen LogP contribution in [0.15, 0.2) is 42.1 Å². The molecule has 1 fully saturated rings. The van der Waals surface area contributed by atoms with Crippen LogP contribution in [0.1, 0.15) is 16.8 Å². The molecule has 2 amide bonds. The first-order valence-corrected chi connectivity index (χ1v) is 8.29. The molecule has 25 heavy (non-hydrogen) atoms. The maximum atomic E-state index is 12.5. The third kappa shape index (κ3) is 2.89. The topological polar surface area (TPSA) is 45.6 Å². The van der Waals surface area contributed by atoms with Crippen molar-refractivity contribution in [1.29, 1.82) is 0 Å². The summed E-state index contributed by atoms with van der Waals surface area (Å²) < 4.78 is 1.97. The Morgan fingerprint density at radius 3 is 2.24 bits per heavy atom. The summed E-state index contributed by atoms with van der Waals surface area (Å²) in [6, 6.07) is 9.94. The molecule has 0 N–H and O–H groups in total. The molecule has 1 aromatic carbocycles. The number of carbonyl (C=O) groups excluding carboxylic acids is 2. The molecule has 3 rings (SSSR count). The van der Waals surface area contributed by atoms with Gasteiger partial charge in [-0.05, 0) is 55.9 Å². The van der Waals surface area contributed by atoms with Gasteiger partial charge in [0.05, 0.1) is 0 Å². The average Bonchev–Trinajstić information content (AvgIpc) is 3.03. The number of aryl methyl sites for hydroxylation is 2. The molecule has 2 heterocycles. The lowest BCUT2D eigenvalue weighted by molar-refractivity contribution is -0.132. The van der Waals surface area contributed by atoms with Crippen LogP contribution in [0.5, 0.6) is 0 Å². The van der Waals surface area contributed by atoms with E-state index in [2.05, 4.69) is 6.07 Å². The van der Waals surface area contributed by atoms with Crippen LogP contribution in [0, 0.1) is 13.8 Å². The Hall–Kier alpha value is -2.73. The summed E-state index contributed by atoms with van der Waals surface area (Å²) in [7, 11) is 3.15. The van der Waals surface area contributed by atoms with Crippen LogP contribution in [0.25, 0.3) is 11.8 Å². The molecule has 5 nitrogen and oxygen atoms in total. The quantitative estimate of drug-likeness (QED) is 0.474. The molecule has 0 aliphatic carbocycles. The van der Waals surface area contributed by atoms with Crippen molar-refractivity contribution in [3.63, 3.8) is 0 Å². The van der Waals surface area contributed by atoms with Crippen LogP contribution < -0.4 is 0 Å².